The third kappa shape index (κ3) is 3.77. The summed E-state index contributed by atoms with van der Waals surface area (Å²) in [5, 5.41) is 10.1. The van der Waals surface area contributed by atoms with Gasteiger partial charge in [0.05, 0.1) is 17.1 Å². The first kappa shape index (κ1) is 22.3. The van der Waals surface area contributed by atoms with Crippen LogP contribution in [0.1, 0.15) is 49.7 Å². The third-order valence-corrected chi connectivity index (χ3v) is 5.83. The number of benzene rings is 2. The highest BCUT2D eigenvalue weighted by Gasteiger charge is 2.37. The van der Waals surface area contributed by atoms with Gasteiger partial charge in [-0.15, -0.1) is 0 Å². The van der Waals surface area contributed by atoms with Gasteiger partial charge in [-0.05, 0) is 26.0 Å². The maximum atomic E-state index is 15.0. The van der Waals surface area contributed by atoms with E-state index in [-0.39, 0.29) is 34.9 Å². The first-order chi connectivity index (χ1) is 16.1. The zero-order valence-electron chi connectivity index (χ0n) is 18.2. The Labute approximate surface area is 191 Å². The van der Waals surface area contributed by atoms with Gasteiger partial charge < -0.3 is 14.4 Å². The van der Waals surface area contributed by atoms with Crippen molar-refractivity contribution in [2.75, 3.05) is 0 Å². The monoisotopic (exact) mass is 472 g/mol. The molecule has 0 saturated carbocycles. The van der Waals surface area contributed by atoms with Crippen LogP contribution in [0.25, 0.3) is 22.2 Å². The van der Waals surface area contributed by atoms with E-state index in [1.54, 1.807) is 22.8 Å². The van der Waals surface area contributed by atoms with E-state index >= 15 is 0 Å². The molecule has 0 amide bonds. The normalized spacial score (nSPS) is 18.0. The SMILES string of the molecule is CC(C)(O)c1ncc(-c2cc3c(cc2F)nc2n3[C@@H](c3ccccc3OC(F)F)C[C@@H]2F)cn1. The molecule has 4 aromatic rings. The summed E-state index contributed by atoms with van der Waals surface area (Å²) in [7, 11) is 0. The molecule has 10 heteroatoms. The Morgan fingerprint density at radius 1 is 1.15 bits per heavy atom. The highest BCUT2D eigenvalue weighted by molar-refractivity contribution is 5.83. The first-order valence-electron chi connectivity index (χ1n) is 10.6. The van der Waals surface area contributed by atoms with Crippen LogP contribution in [-0.4, -0.2) is 31.2 Å². The van der Waals surface area contributed by atoms with E-state index in [0.29, 0.717) is 16.6 Å². The molecule has 0 spiro atoms. The van der Waals surface area contributed by atoms with Crippen LogP contribution in [0.5, 0.6) is 5.75 Å². The van der Waals surface area contributed by atoms with Gasteiger partial charge in [-0.25, -0.2) is 23.7 Å². The number of fused-ring (bicyclic) bond motifs is 3. The molecule has 0 fully saturated rings. The van der Waals surface area contributed by atoms with Gasteiger partial charge in [-0.1, -0.05) is 18.2 Å². The fourth-order valence-corrected chi connectivity index (χ4v) is 4.32. The minimum Gasteiger partial charge on any atom is -0.434 e. The first-order valence-corrected chi connectivity index (χ1v) is 10.6. The Morgan fingerprint density at radius 3 is 2.53 bits per heavy atom. The maximum absolute atomic E-state index is 15.0. The van der Waals surface area contributed by atoms with Crippen LogP contribution in [0.2, 0.25) is 0 Å². The lowest BCUT2D eigenvalue weighted by Gasteiger charge is -2.19. The van der Waals surface area contributed by atoms with E-state index in [9.17, 15) is 22.7 Å². The summed E-state index contributed by atoms with van der Waals surface area (Å²) in [6.07, 6.45) is 1.32. The van der Waals surface area contributed by atoms with Crippen LogP contribution in [0.3, 0.4) is 0 Å². The molecule has 0 bridgehead atoms. The van der Waals surface area contributed by atoms with E-state index in [0.717, 1.165) is 0 Å². The molecule has 3 heterocycles. The van der Waals surface area contributed by atoms with Gasteiger partial charge in [0, 0.05) is 41.6 Å². The molecule has 2 aromatic heterocycles. The lowest BCUT2D eigenvalue weighted by atomic mass is 10.0. The van der Waals surface area contributed by atoms with Crippen LogP contribution in [0, 0.1) is 5.82 Å². The molecule has 6 nitrogen and oxygen atoms in total. The van der Waals surface area contributed by atoms with Crippen molar-refractivity contribution in [1.82, 2.24) is 19.5 Å². The van der Waals surface area contributed by atoms with Crippen LogP contribution >= 0.6 is 0 Å². The number of hydrogen-bond acceptors (Lipinski definition) is 5. The van der Waals surface area contributed by atoms with Crippen molar-refractivity contribution < 1.29 is 27.4 Å². The predicted molar refractivity (Wildman–Crippen MR) is 116 cm³/mol. The van der Waals surface area contributed by atoms with Gasteiger partial charge in [0.2, 0.25) is 0 Å². The molecule has 2 aromatic carbocycles. The maximum Gasteiger partial charge on any atom is 0.387 e. The molecule has 0 radical (unpaired) electrons. The van der Waals surface area contributed by atoms with Crippen LogP contribution in [0.15, 0.2) is 48.8 Å². The molecule has 0 unspecified atom stereocenters. The summed E-state index contributed by atoms with van der Waals surface area (Å²) in [6, 6.07) is 8.27. The summed E-state index contributed by atoms with van der Waals surface area (Å²) in [5.41, 5.74) is 0.322. The summed E-state index contributed by atoms with van der Waals surface area (Å²) in [6.45, 7) is 0.0380. The Morgan fingerprint density at radius 2 is 1.85 bits per heavy atom. The largest absolute Gasteiger partial charge is 0.434 e. The Bertz CT molecular complexity index is 1370. The summed E-state index contributed by atoms with van der Waals surface area (Å²) in [4.78, 5) is 12.5. The fraction of sp³-hybridized carbons (Fsp3) is 0.292. The Balaban J connectivity index is 1.64. The number of halogens is 4. The van der Waals surface area contributed by atoms with Gasteiger partial charge in [-0.2, -0.15) is 8.78 Å². The number of para-hydroxylation sites is 1. The number of alkyl halides is 3. The van der Waals surface area contributed by atoms with Crippen LogP contribution < -0.4 is 4.74 Å². The molecular weight excluding hydrogens is 452 g/mol. The van der Waals surface area contributed by atoms with Crippen molar-refractivity contribution in [2.24, 2.45) is 0 Å². The number of rotatable bonds is 5. The number of aliphatic hydroxyl groups is 1. The lowest BCUT2D eigenvalue weighted by Crippen LogP contribution is -2.19. The quantitative estimate of drug-likeness (QED) is 0.390. The van der Waals surface area contributed by atoms with Crippen molar-refractivity contribution in [3.05, 3.63) is 71.8 Å². The summed E-state index contributed by atoms with van der Waals surface area (Å²) >= 11 is 0. The van der Waals surface area contributed by atoms with Crippen molar-refractivity contribution in [2.45, 2.75) is 44.7 Å². The third-order valence-electron chi connectivity index (χ3n) is 5.83. The minimum atomic E-state index is -3.03. The standard InChI is InChI=1S/C24H20F4N4O2/c1-24(2,33)22-29-10-12(11-30-22)14-7-19-17(8-15(14)25)31-21-16(26)9-18(32(19)21)13-5-3-4-6-20(13)34-23(27)28/h3-8,10-11,16,18,23,33H,9H2,1-2H3/t16-,18+/m0/s1. The second-order valence-electron chi connectivity index (χ2n) is 8.65. The van der Waals surface area contributed by atoms with E-state index in [4.69, 9.17) is 0 Å². The smallest absolute Gasteiger partial charge is 0.387 e. The second-order valence-corrected chi connectivity index (χ2v) is 8.65. The van der Waals surface area contributed by atoms with Gasteiger partial charge >= 0.3 is 6.61 Å². The molecule has 34 heavy (non-hydrogen) atoms. The molecule has 2 atom stereocenters. The number of nitrogens with zero attached hydrogens (tertiary/aromatic N) is 4. The van der Waals surface area contributed by atoms with E-state index < -0.39 is 30.2 Å². The minimum absolute atomic E-state index is 0.0159. The zero-order valence-corrected chi connectivity index (χ0v) is 18.2. The average molecular weight is 472 g/mol. The van der Waals surface area contributed by atoms with Crippen LogP contribution in [-0.2, 0) is 5.60 Å². The van der Waals surface area contributed by atoms with E-state index in [1.807, 2.05) is 0 Å². The van der Waals surface area contributed by atoms with Gasteiger partial charge in [0.15, 0.2) is 12.0 Å². The number of aromatic nitrogens is 4. The van der Waals surface area contributed by atoms with Crippen molar-refractivity contribution in [3.63, 3.8) is 0 Å². The number of ether oxygens (including phenoxy) is 1. The summed E-state index contributed by atoms with van der Waals surface area (Å²) in [5.74, 6) is -0.379. The Kier molecular flexibility index (Phi) is 5.27. The molecule has 0 saturated heterocycles. The molecule has 1 N–H and O–H groups in total. The summed E-state index contributed by atoms with van der Waals surface area (Å²) < 4.78 is 62.1. The highest BCUT2D eigenvalue weighted by atomic mass is 19.3. The lowest BCUT2D eigenvalue weighted by molar-refractivity contribution is -0.0507. The van der Waals surface area contributed by atoms with Crippen molar-refractivity contribution in [1.29, 1.82) is 0 Å². The fourth-order valence-electron chi connectivity index (χ4n) is 4.32. The molecule has 5 rings (SSSR count). The molecule has 1 aliphatic heterocycles. The van der Waals surface area contributed by atoms with E-state index in [2.05, 4.69) is 19.7 Å². The predicted octanol–water partition coefficient (Wildman–Crippen LogP) is 5.46. The highest BCUT2D eigenvalue weighted by Crippen LogP contribution is 2.46. The van der Waals surface area contributed by atoms with Gasteiger partial charge in [-0.3, -0.25) is 0 Å². The van der Waals surface area contributed by atoms with Crippen molar-refractivity contribution >= 4 is 11.0 Å². The van der Waals surface area contributed by atoms with Crippen molar-refractivity contribution in [3.8, 4) is 16.9 Å². The van der Waals surface area contributed by atoms with E-state index in [1.165, 1.54) is 44.4 Å². The zero-order chi connectivity index (χ0) is 24.2. The Hall–Kier alpha value is -3.53. The topological polar surface area (TPSA) is 73.1 Å². The van der Waals surface area contributed by atoms with Gasteiger partial charge in [0.25, 0.3) is 0 Å². The van der Waals surface area contributed by atoms with Gasteiger partial charge in [0.1, 0.15) is 23.0 Å². The average Bonchev–Trinajstić information content (AvgIpc) is 3.29. The van der Waals surface area contributed by atoms with Crippen LogP contribution in [0.4, 0.5) is 17.6 Å². The molecule has 1 aliphatic rings. The number of hydrogen-bond donors (Lipinski definition) is 1. The molecule has 0 aliphatic carbocycles. The molecular formula is C24H20F4N4O2. The molecule has 176 valence electrons. The number of imidazole rings is 1. The second kappa shape index (κ2) is 8.05.